The second kappa shape index (κ2) is 39.3. The van der Waals surface area contributed by atoms with Crippen LogP contribution in [0.1, 0.15) is 103 Å². The minimum Gasteiger partial charge on any atom is -0.279 e. The number of phosphoric acid groups is 2. The molecule has 0 aromatic heterocycles. The SMILES string of the molecule is O=P(OC(CCCl)(CCCl)C(CCCl)CCCl)(OC(CCCl)(CCCl)C(CCCl)CCCl)OP(=O)(OC(CCCl)(CCCl)C(CCCl)CCCl)OC(CCCl)(CCCl)C(CCCl)CCCl. The van der Waals surface area contributed by atoms with Crippen molar-refractivity contribution in [2.75, 3.05) is 94.1 Å². The fourth-order valence-electron chi connectivity index (χ4n) is 8.93. The average molecular weight is 1290 g/mol. The third kappa shape index (κ3) is 23.4. The molecule has 7 nitrogen and oxygen atoms in total. The van der Waals surface area contributed by atoms with E-state index in [9.17, 15) is 0 Å². The zero-order valence-corrected chi connectivity index (χ0v) is 50.6. The van der Waals surface area contributed by atoms with Crippen molar-refractivity contribution in [3.8, 4) is 0 Å². The smallest absolute Gasteiger partial charge is 0.279 e. The van der Waals surface area contributed by atoms with Gasteiger partial charge in [-0.15, -0.1) is 186 Å². The van der Waals surface area contributed by atoms with Crippen molar-refractivity contribution in [2.45, 2.75) is 125 Å². The Balaban J connectivity index is 9.28. The van der Waals surface area contributed by atoms with E-state index in [0.29, 0.717) is 51.4 Å². The topological polar surface area (TPSA) is 80.3 Å². The maximum absolute atomic E-state index is 16.7. The van der Waals surface area contributed by atoms with E-state index in [2.05, 4.69) is 0 Å². The highest BCUT2D eigenvalue weighted by molar-refractivity contribution is 7.62. The fraction of sp³-hybridized carbons (Fsp3) is 1.00. The normalized spacial score (nSPS) is 13.7. The monoisotopic (exact) mass is 1280 g/mol. The minimum atomic E-state index is -5.43. The van der Waals surface area contributed by atoms with E-state index < -0.39 is 61.7 Å². The Bertz CT molecular complexity index is 1070. The lowest BCUT2D eigenvalue weighted by molar-refractivity contribution is -0.0957. The molecule has 0 unspecified atom stereocenters. The van der Waals surface area contributed by atoms with Crippen LogP contribution < -0.4 is 0 Å². The molecule has 0 aromatic carbocycles. The third-order valence-electron chi connectivity index (χ3n) is 12.2. The molecular weight excluding hydrogens is 1220 g/mol. The summed E-state index contributed by atoms with van der Waals surface area (Å²) in [6.07, 6.45) is 3.01. The van der Waals surface area contributed by atoms with Gasteiger partial charge >= 0.3 is 15.6 Å². The molecule has 0 aliphatic carbocycles. The lowest BCUT2D eigenvalue weighted by Crippen LogP contribution is -2.47. The van der Waals surface area contributed by atoms with E-state index in [0.717, 1.165) is 0 Å². The summed E-state index contributed by atoms with van der Waals surface area (Å²) >= 11 is 104. The van der Waals surface area contributed by atoms with E-state index in [1.165, 1.54) is 0 Å². The van der Waals surface area contributed by atoms with Crippen LogP contribution in [0, 0.1) is 23.7 Å². The van der Waals surface area contributed by atoms with Crippen LogP contribution in [0.2, 0.25) is 0 Å². The summed E-state index contributed by atoms with van der Waals surface area (Å²) in [5.41, 5.74) is -6.05. The predicted octanol–water partition coefficient (Wildman–Crippen LogP) is 18.8. The molecule has 0 aromatic rings. The minimum absolute atomic E-state index is 0.00157. The Hall–Kier alpha value is 4.90. The molecule has 0 saturated heterocycles. The summed E-state index contributed by atoms with van der Waals surface area (Å²) < 4.78 is 68.0. The first-order valence-electron chi connectivity index (χ1n) is 21.8. The Morgan fingerprint density at radius 1 is 0.262 bits per heavy atom. The van der Waals surface area contributed by atoms with E-state index in [1.807, 2.05) is 0 Å². The van der Waals surface area contributed by atoms with Gasteiger partial charge in [0.25, 0.3) is 0 Å². The number of alkyl halides is 16. The molecule has 0 spiro atoms. The number of rotatable bonds is 46. The van der Waals surface area contributed by atoms with Crippen molar-refractivity contribution >= 4 is 201 Å². The average Bonchev–Trinajstić information content (AvgIpc) is 3.23. The molecule has 0 atom stereocenters. The molecule has 0 heterocycles. The molecular formula is C40H68Cl16O7P2. The number of hydrogen-bond acceptors (Lipinski definition) is 7. The van der Waals surface area contributed by atoms with E-state index in [-0.39, 0.29) is 145 Å². The van der Waals surface area contributed by atoms with Crippen LogP contribution in [0.25, 0.3) is 0 Å². The van der Waals surface area contributed by atoms with Crippen LogP contribution in [0.3, 0.4) is 0 Å². The van der Waals surface area contributed by atoms with Crippen LogP contribution in [0.5, 0.6) is 0 Å². The van der Waals surface area contributed by atoms with Gasteiger partial charge < -0.3 is 0 Å². The maximum Gasteiger partial charge on any atom is 0.484 e. The first kappa shape index (κ1) is 69.9. The van der Waals surface area contributed by atoms with Gasteiger partial charge in [-0.3, -0.25) is 18.1 Å². The second-order valence-corrected chi connectivity index (χ2v) is 24.9. The van der Waals surface area contributed by atoms with Crippen LogP contribution >= 0.6 is 201 Å². The van der Waals surface area contributed by atoms with Crippen molar-refractivity contribution in [1.29, 1.82) is 0 Å². The molecule has 0 fully saturated rings. The summed E-state index contributed by atoms with van der Waals surface area (Å²) in [5.74, 6) is -0.838. The zero-order chi connectivity index (χ0) is 49.5. The molecule has 0 saturated carbocycles. The first-order chi connectivity index (χ1) is 31.1. The second-order valence-electron chi connectivity index (χ2n) is 15.7. The Morgan fingerprint density at radius 2 is 0.400 bits per heavy atom. The molecule has 392 valence electrons. The highest BCUT2D eigenvalue weighted by Gasteiger charge is 2.59. The van der Waals surface area contributed by atoms with Gasteiger partial charge in [0.1, 0.15) is 0 Å². The summed E-state index contributed by atoms with van der Waals surface area (Å²) in [7, 11) is -10.9. The molecule has 0 aliphatic rings. The van der Waals surface area contributed by atoms with Gasteiger partial charge in [0.15, 0.2) is 0 Å². The summed E-state index contributed by atoms with van der Waals surface area (Å²) in [5, 5.41) is 0. The number of halogens is 16. The van der Waals surface area contributed by atoms with Crippen molar-refractivity contribution in [1.82, 2.24) is 0 Å². The molecule has 0 radical (unpaired) electrons. The van der Waals surface area contributed by atoms with Crippen molar-refractivity contribution < 1.29 is 31.5 Å². The summed E-state index contributed by atoms with van der Waals surface area (Å²) in [4.78, 5) is 0. The summed E-state index contributed by atoms with van der Waals surface area (Å²) in [6.45, 7) is 0. The van der Waals surface area contributed by atoms with Crippen LogP contribution in [0.4, 0.5) is 0 Å². The zero-order valence-electron chi connectivity index (χ0n) is 36.7. The van der Waals surface area contributed by atoms with Gasteiger partial charge in [0.05, 0.1) is 22.4 Å². The van der Waals surface area contributed by atoms with Crippen molar-refractivity contribution in [3.63, 3.8) is 0 Å². The lowest BCUT2D eigenvalue weighted by Gasteiger charge is -2.48. The largest absolute Gasteiger partial charge is 0.484 e. The highest BCUT2D eigenvalue weighted by Crippen LogP contribution is 2.74. The van der Waals surface area contributed by atoms with E-state index in [4.69, 9.17) is 208 Å². The number of hydrogen-bond donors (Lipinski definition) is 0. The molecule has 25 heteroatoms. The van der Waals surface area contributed by atoms with Gasteiger partial charge in [-0.2, -0.15) is 4.31 Å². The molecule has 0 bridgehead atoms. The Kier molecular flexibility index (Phi) is 42.3. The molecule has 0 aliphatic heterocycles. The van der Waals surface area contributed by atoms with Gasteiger partial charge in [-0.25, -0.2) is 9.13 Å². The fourth-order valence-corrected chi connectivity index (χ4v) is 18.3. The van der Waals surface area contributed by atoms with Gasteiger partial charge in [0.2, 0.25) is 0 Å². The Morgan fingerprint density at radius 3 is 0.508 bits per heavy atom. The first-order valence-corrected chi connectivity index (χ1v) is 33.3. The number of phosphoric ester groups is 2. The van der Waals surface area contributed by atoms with Crippen LogP contribution in [-0.2, 0) is 31.5 Å². The molecule has 65 heavy (non-hydrogen) atoms. The van der Waals surface area contributed by atoms with Gasteiger partial charge in [0, 0.05) is 94.1 Å². The van der Waals surface area contributed by atoms with Crippen molar-refractivity contribution in [3.05, 3.63) is 0 Å². The van der Waals surface area contributed by atoms with Crippen LogP contribution in [0.15, 0.2) is 0 Å². The quantitative estimate of drug-likeness (QED) is 0.0444. The highest BCUT2D eigenvalue weighted by atomic mass is 35.5. The third-order valence-corrected chi connectivity index (χ3v) is 19.4. The standard InChI is InChI=1S/C40H68Cl16O7P2/c41-17-1-33(2-18-42)37(9-25-49,10-26-50)59-64(57,60-38(11-27-51,12-28-52)34(3-19-43)4-20-44)63-65(58,61-39(13-29-53,14-30-54)35(5-21-45)6-22-46)62-40(15-31-55,16-32-56)36(7-23-47)8-24-48/h33-36H,1-32H2. The molecule has 0 N–H and O–H groups in total. The Labute approximate surface area is 470 Å². The van der Waals surface area contributed by atoms with Gasteiger partial charge in [-0.05, 0) is 126 Å². The summed E-state index contributed by atoms with van der Waals surface area (Å²) in [6, 6.07) is 0. The molecule has 0 rings (SSSR count). The molecule has 0 amide bonds. The van der Waals surface area contributed by atoms with E-state index >= 15 is 9.13 Å². The predicted molar refractivity (Wildman–Crippen MR) is 291 cm³/mol. The van der Waals surface area contributed by atoms with E-state index in [1.54, 1.807) is 0 Å². The maximum atomic E-state index is 16.7. The van der Waals surface area contributed by atoms with Crippen molar-refractivity contribution in [2.24, 2.45) is 23.7 Å². The van der Waals surface area contributed by atoms with Crippen LogP contribution in [-0.4, -0.2) is 116 Å². The van der Waals surface area contributed by atoms with Gasteiger partial charge in [-0.1, -0.05) is 0 Å². The lowest BCUT2D eigenvalue weighted by atomic mass is 9.79.